The van der Waals surface area contributed by atoms with Crippen molar-refractivity contribution in [2.24, 2.45) is 0 Å². The van der Waals surface area contributed by atoms with Crippen molar-refractivity contribution < 1.29 is 14.4 Å². The van der Waals surface area contributed by atoms with Crippen molar-refractivity contribution in [1.82, 2.24) is 0 Å². The molecule has 0 aromatic heterocycles. The van der Waals surface area contributed by atoms with E-state index in [-0.39, 0.29) is 22.9 Å². The molecule has 0 atom stereocenters. The number of carbonyl (C=O) groups is 3. The number of anilines is 1. The van der Waals surface area contributed by atoms with Crippen LogP contribution in [0.4, 0.5) is 5.69 Å². The SMILES string of the molecule is Nc1c(-c2cc3c4c(cccc4c2)C(=O)c2ccccc2-3)ccc2c1C(=O)c1ccccc1C2=O. The minimum Gasteiger partial charge on any atom is -0.398 e. The van der Waals surface area contributed by atoms with Gasteiger partial charge in [-0.25, -0.2) is 0 Å². The molecule has 5 aromatic rings. The highest BCUT2D eigenvalue weighted by Crippen LogP contribution is 2.44. The van der Waals surface area contributed by atoms with Gasteiger partial charge < -0.3 is 5.73 Å². The molecule has 2 aliphatic rings. The zero-order valence-electron chi connectivity index (χ0n) is 18.5. The van der Waals surface area contributed by atoms with Crippen molar-refractivity contribution in [2.45, 2.75) is 0 Å². The molecule has 0 spiro atoms. The number of ketones is 3. The number of rotatable bonds is 1. The van der Waals surface area contributed by atoms with Crippen LogP contribution in [0.25, 0.3) is 33.0 Å². The predicted molar refractivity (Wildman–Crippen MR) is 136 cm³/mol. The predicted octanol–water partition coefficient (Wildman–Crippen LogP) is 6.08. The molecule has 0 aliphatic heterocycles. The summed E-state index contributed by atoms with van der Waals surface area (Å²) in [4.78, 5) is 39.6. The van der Waals surface area contributed by atoms with Gasteiger partial charge in [0.05, 0.1) is 11.3 Å². The third kappa shape index (κ3) is 2.53. The van der Waals surface area contributed by atoms with Gasteiger partial charge in [0.15, 0.2) is 17.3 Å². The Kier molecular flexibility index (Phi) is 3.84. The molecule has 0 fully saturated rings. The number of carbonyl (C=O) groups excluding carboxylic acids is 3. The Hall–Kier alpha value is -4.83. The van der Waals surface area contributed by atoms with E-state index >= 15 is 0 Å². The number of hydrogen-bond donors (Lipinski definition) is 1. The van der Waals surface area contributed by atoms with Crippen LogP contribution in [0.1, 0.15) is 47.8 Å². The van der Waals surface area contributed by atoms with Crippen LogP contribution in [0.15, 0.2) is 91.0 Å². The third-order valence-corrected chi connectivity index (χ3v) is 7.13. The summed E-state index contributed by atoms with van der Waals surface area (Å²) in [5.41, 5.74) is 12.9. The zero-order chi connectivity index (χ0) is 23.8. The van der Waals surface area contributed by atoms with E-state index < -0.39 is 0 Å². The number of nitrogens with two attached hydrogens (primary N) is 1. The standard InChI is InChI=1S/C31H17NO3/c32-28-18(12-13-24-27(28)31(35)22-10-4-3-9-21(22)30(24)34)17-14-16-6-5-11-23-26(16)25(15-17)19-7-1-2-8-20(19)29(23)33/h1-15H,32H2. The minimum atomic E-state index is -0.241. The summed E-state index contributed by atoms with van der Waals surface area (Å²) in [6.07, 6.45) is 0. The van der Waals surface area contributed by atoms with Gasteiger partial charge in [0.1, 0.15) is 0 Å². The van der Waals surface area contributed by atoms with E-state index in [0.717, 1.165) is 27.5 Å². The molecule has 2 aliphatic carbocycles. The van der Waals surface area contributed by atoms with Gasteiger partial charge in [-0.05, 0) is 40.3 Å². The average molecular weight is 451 g/mol. The van der Waals surface area contributed by atoms with Crippen molar-refractivity contribution >= 4 is 33.8 Å². The molecule has 0 unspecified atom stereocenters. The molecule has 7 rings (SSSR count). The summed E-state index contributed by atoms with van der Waals surface area (Å²) in [6.45, 7) is 0. The van der Waals surface area contributed by atoms with Gasteiger partial charge in [0.2, 0.25) is 0 Å². The Bertz CT molecular complexity index is 1810. The van der Waals surface area contributed by atoms with Crippen LogP contribution in [0, 0.1) is 0 Å². The monoisotopic (exact) mass is 451 g/mol. The van der Waals surface area contributed by atoms with E-state index in [9.17, 15) is 14.4 Å². The van der Waals surface area contributed by atoms with Crippen molar-refractivity contribution in [2.75, 3.05) is 5.73 Å². The maximum Gasteiger partial charge on any atom is 0.196 e. The highest BCUT2D eigenvalue weighted by atomic mass is 16.1. The van der Waals surface area contributed by atoms with Crippen LogP contribution in [-0.4, -0.2) is 17.3 Å². The first-order valence-electron chi connectivity index (χ1n) is 11.4. The smallest absolute Gasteiger partial charge is 0.196 e. The Labute approximate surface area is 200 Å². The van der Waals surface area contributed by atoms with Crippen LogP contribution in [-0.2, 0) is 0 Å². The van der Waals surface area contributed by atoms with Crippen LogP contribution in [0.2, 0.25) is 0 Å². The fourth-order valence-corrected chi connectivity index (χ4v) is 5.51. The van der Waals surface area contributed by atoms with E-state index in [4.69, 9.17) is 5.73 Å². The second-order valence-electron chi connectivity index (χ2n) is 8.96. The number of benzene rings is 5. The molecule has 0 saturated carbocycles. The van der Waals surface area contributed by atoms with Gasteiger partial charge >= 0.3 is 0 Å². The summed E-state index contributed by atoms with van der Waals surface area (Å²) >= 11 is 0. The summed E-state index contributed by atoms with van der Waals surface area (Å²) in [7, 11) is 0. The zero-order valence-corrected chi connectivity index (χ0v) is 18.5. The fraction of sp³-hybridized carbons (Fsp3) is 0. The van der Waals surface area contributed by atoms with Gasteiger partial charge in [-0.3, -0.25) is 14.4 Å². The van der Waals surface area contributed by atoms with E-state index in [1.54, 1.807) is 30.3 Å². The molecular formula is C31H17NO3. The highest BCUT2D eigenvalue weighted by Gasteiger charge is 2.32. The molecule has 0 radical (unpaired) electrons. The molecule has 2 N–H and O–H groups in total. The molecule has 5 aromatic carbocycles. The van der Waals surface area contributed by atoms with E-state index in [1.807, 2.05) is 60.7 Å². The van der Waals surface area contributed by atoms with Crippen molar-refractivity contribution in [1.29, 1.82) is 0 Å². The van der Waals surface area contributed by atoms with Gasteiger partial charge in [0, 0.05) is 38.8 Å². The largest absolute Gasteiger partial charge is 0.398 e. The molecule has 0 saturated heterocycles. The Balaban J connectivity index is 1.50. The summed E-state index contributed by atoms with van der Waals surface area (Å²) in [6, 6.07) is 27.7. The van der Waals surface area contributed by atoms with Gasteiger partial charge in [0.25, 0.3) is 0 Å². The van der Waals surface area contributed by atoms with E-state index in [1.165, 1.54) is 0 Å². The Morgan fingerprint density at radius 1 is 0.457 bits per heavy atom. The van der Waals surface area contributed by atoms with Crippen LogP contribution < -0.4 is 5.73 Å². The number of hydrogen-bond acceptors (Lipinski definition) is 4. The fourth-order valence-electron chi connectivity index (χ4n) is 5.51. The lowest BCUT2D eigenvalue weighted by atomic mass is 9.79. The van der Waals surface area contributed by atoms with Crippen molar-refractivity contribution in [3.63, 3.8) is 0 Å². The third-order valence-electron chi connectivity index (χ3n) is 7.13. The molecule has 0 amide bonds. The molecule has 4 nitrogen and oxygen atoms in total. The lowest BCUT2D eigenvalue weighted by molar-refractivity contribution is 0.0980. The Morgan fingerprint density at radius 3 is 1.77 bits per heavy atom. The first kappa shape index (κ1) is 19.6. The maximum absolute atomic E-state index is 13.4. The first-order chi connectivity index (χ1) is 17.0. The molecular weight excluding hydrogens is 434 g/mol. The average Bonchev–Trinajstić information content (AvgIpc) is 2.90. The molecule has 4 heteroatoms. The first-order valence-corrected chi connectivity index (χ1v) is 11.4. The number of fused-ring (bicyclic) bond motifs is 4. The van der Waals surface area contributed by atoms with Crippen LogP contribution in [0.5, 0.6) is 0 Å². The van der Waals surface area contributed by atoms with Crippen molar-refractivity contribution in [3.05, 3.63) is 124 Å². The summed E-state index contributed by atoms with van der Waals surface area (Å²) in [5.74, 6) is -0.420. The Morgan fingerprint density at radius 2 is 1.03 bits per heavy atom. The van der Waals surface area contributed by atoms with Crippen LogP contribution in [0.3, 0.4) is 0 Å². The van der Waals surface area contributed by atoms with Gasteiger partial charge in [-0.2, -0.15) is 0 Å². The molecule has 164 valence electrons. The molecule has 0 bridgehead atoms. The lowest BCUT2D eigenvalue weighted by Gasteiger charge is -2.23. The second-order valence-corrected chi connectivity index (χ2v) is 8.96. The molecule has 35 heavy (non-hydrogen) atoms. The summed E-state index contributed by atoms with van der Waals surface area (Å²) in [5, 5.41) is 1.83. The lowest BCUT2D eigenvalue weighted by Crippen LogP contribution is -2.22. The van der Waals surface area contributed by atoms with E-state index in [2.05, 4.69) is 0 Å². The maximum atomic E-state index is 13.4. The van der Waals surface area contributed by atoms with E-state index in [0.29, 0.717) is 39.1 Å². The van der Waals surface area contributed by atoms with Crippen molar-refractivity contribution in [3.8, 4) is 22.3 Å². The van der Waals surface area contributed by atoms with Gasteiger partial charge in [-0.15, -0.1) is 0 Å². The summed E-state index contributed by atoms with van der Waals surface area (Å²) < 4.78 is 0. The van der Waals surface area contributed by atoms with Gasteiger partial charge in [-0.1, -0.05) is 72.8 Å². The van der Waals surface area contributed by atoms with Crippen LogP contribution >= 0.6 is 0 Å². The number of nitrogen functional groups attached to an aromatic ring is 1. The quantitative estimate of drug-likeness (QED) is 0.307. The normalized spacial score (nSPS) is 13.4. The molecule has 0 heterocycles. The minimum absolute atomic E-state index is 0.0162. The topological polar surface area (TPSA) is 77.2 Å². The second kappa shape index (κ2) is 6.84. The highest BCUT2D eigenvalue weighted by molar-refractivity contribution is 6.31.